The number of carbonyl (C=O) groups excluding carboxylic acids is 1. The fourth-order valence-electron chi connectivity index (χ4n) is 6.60. The third-order valence-corrected chi connectivity index (χ3v) is 8.69. The van der Waals surface area contributed by atoms with Crippen LogP contribution in [0.2, 0.25) is 0 Å². The summed E-state index contributed by atoms with van der Waals surface area (Å²) in [6, 6.07) is 0. The highest BCUT2D eigenvalue weighted by Crippen LogP contribution is 2.63. The van der Waals surface area contributed by atoms with Crippen LogP contribution in [0.15, 0.2) is 11.1 Å². The Morgan fingerprint density at radius 2 is 1.89 bits per heavy atom. The largest absolute Gasteiger partial charge is 0.458 e. The molecule has 5 nitrogen and oxygen atoms in total. The molecule has 0 aromatic carbocycles. The molecule has 152 valence electrons. The van der Waals surface area contributed by atoms with E-state index in [1.54, 1.807) is 0 Å². The fourth-order valence-corrected chi connectivity index (χ4v) is 6.60. The lowest BCUT2D eigenvalue weighted by molar-refractivity contribution is -0.311. The molecule has 1 saturated heterocycles. The summed E-state index contributed by atoms with van der Waals surface area (Å²) in [5.74, 6) is -0.328. The standard InChI is InChI=1S/C22H34O5/c1-13-15-6-8-20(5)9-7-18-22(25,12-26-18)17(20)11-21(24,19(15,3)4)10-16(13)27-14(2)23/h16-18,24-25H,6-12H2,1-5H3/t16-,17-,18+,20+,21+,22+/m0/s1. The molecule has 0 spiro atoms. The van der Waals surface area contributed by atoms with Crippen LogP contribution in [0.4, 0.5) is 0 Å². The quantitative estimate of drug-likeness (QED) is 0.542. The number of esters is 1. The zero-order valence-corrected chi connectivity index (χ0v) is 17.3. The van der Waals surface area contributed by atoms with E-state index in [2.05, 4.69) is 27.7 Å². The van der Waals surface area contributed by atoms with Crippen molar-refractivity contribution < 1.29 is 24.5 Å². The lowest BCUT2D eigenvalue weighted by Gasteiger charge is -2.64. The maximum Gasteiger partial charge on any atom is 0.303 e. The van der Waals surface area contributed by atoms with E-state index in [0.29, 0.717) is 19.4 Å². The van der Waals surface area contributed by atoms with Crippen LogP contribution in [0, 0.1) is 16.7 Å². The van der Waals surface area contributed by atoms with Gasteiger partial charge in [-0.05, 0) is 50.0 Å². The highest BCUT2D eigenvalue weighted by atomic mass is 16.6. The molecule has 0 unspecified atom stereocenters. The molecule has 4 rings (SSSR count). The van der Waals surface area contributed by atoms with E-state index in [9.17, 15) is 15.0 Å². The van der Waals surface area contributed by atoms with Gasteiger partial charge in [-0.3, -0.25) is 4.79 Å². The first-order valence-electron chi connectivity index (χ1n) is 10.4. The number of rotatable bonds is 1. The summed E-state index contributed by atoms with van der Waals surface area (Å²) >= 11 is 0. The number of carbonyl (C=O) groups is 1. The van der Waals surface area contributed by atoms with Crippen LogP contribution in [0.5, 0.6) is 0 Å². The van der Waals surface area contributed by atoms with Gasteiger partial charge in [0.1, 0.15) is 11.7 Å². The molecular formula is C22H34O5. The minimum Gasteiger partial charge on any atom is -0.458 e. The Balaban J connectivity index is 1.79. The molecule has 2 bridgehead atoms. The van der Waals surface area contributed by atoms with Crippen molar-refractivity contribution in [3.63, 3.8) is 0 Å². The third kappa shape index (κ3) is 2.57. The second kappa shape index (κ2) is 5.80. The van der Waals surface area contributed by atoms with Crippen LogP contribution in [0.3, 0.4) is 0 Å². The Bertz CT molecular complexity index is 697. The average molecular weight is 379 g/mol. The fraction of sp³-hybridized carbons (Fsp3) is 0.864. The normalized spacial score (nSPS) is 48.5. The molecule has 3 aliphatic carbocycles. The maximum absolute atomic E-state index is 12.0. The highest BCUT2D eigenvalue weighted by molar-refractivity contribution is 5.66. The molecule has 0 aromatic rings. The monoisotopic (exact) mass is 378 g/mol. The Morgan fingerprint density at radius 3 is 2.48 bits per heavy atom. The van der Waals surface area contributed by atoms with Gasteiger partial charge in [0.2, 0.25) is 0 Å². The van der Waals surface area contributed by atoms with Crippen molar-refractivity contribution in [2.45, 2.75) is 96.6 Å². The van der Waals surface area contributed by atoms with Gasteiger partial charge in [-0.25, -0.2) is 0 Å². The molecule has 1 heterocycles. The van der Waals surface area contributed by atoms with Gasteiger partial charge in [-0.1, -0.05) is 26.3 Å². The molecule has 27 heavy (non-hydrogen) atoms. The Hall–Kier alpha value is -0.910. The van der Waals surface area contributed by atoms with Gasteiger partial charge < -0.3 is 19.7 Å². The Morgan fingerprint density at radius 1 is 1.19 bits per heavy atom. The van der Waals surface area contributed by atoms with Crippen molar-refractivity contribution in [2.75, 3.05) is 6.61 Å². The SMILES string of the molecule is CC(=O)O[C@H]1C[C@@]2(O)C[C@H]3[C@](C)(CCC(=C1C)C2(C)C)CC[C@H]1OC[C@]13O. The summed E-state index contributed by atoms with van der Waals surface area (Å²) < 4.78 is 11.3. The summed E-state index contributed by atoms with van der Waals surface area (Å²) in [6.07, 6.45) is 4.17. The van der Waals surface area contributed by atoms with E-state index in [-0.39, 0.29) is 29.5 Å². The van der Waals surface area contributed by atoms with Gasteiger partial charge in [0.15, 0.2) is 0 Å². The van der Waals surface area contributed by atoms with Crippen molar-refractivity contribution in [1.29, 1.82) is 0 Å². The van der Waals surface area contributed by atoms with Crippen LogP contribution in [0.1, 0.15) is 73.1 Å². The molecular weight excluding hydrogens is 344 g/mol. The molecule has 0 radical (unpaired) electrons. The van der Waals surface area contributed by atoms with Gasteiger partial charge in [-0.2, -0.15) is 0 Å². The molecule has 0 aromatic heterocycles. The molecule has 2 N–H and O–H groups in total. The second-order valence-electron chi connectivity index (χ2n) is 10.4. The maximum atomic E-state index is 12.0. The van der Waals surface area contributed by atoms with Crippen molar-refractivity contribution >= 4 is 5.97 Å². The van der Waals surface area contributed by atoms with E-state index < -0.39 is 16.6 Å². The average Bonchev–Trinajstić information content (AvgIpc) is 2.54. The number of hydrogen-bond acceptors (Lipinski definition) is 5. The van der Waals surface area contributed by atoms with Gasteiger partial charge in [0.05, 0.1) is 18.3 Å². The van der Waals surface area contributed by atoms with Crippen LogP contribution in [-0.4, -0.2) is 46.2 Å². The van der Waals surface area contributed by atoms with Crippen molar-refractivity contribution in [1.82, 2.24) is 0 Å². The molecule has 4 aliphatic rings. The second-order valence-corrected chi connectivity index (χ2v) is 10.4. The molecule has 6 atom stereocenters. The summed E-state index contributed by atoms with van der Waals surface area (Å²) in [5, 5.41) is 23.4. The minimum absolute atomic E-state index is 0.0142. The Kier molecular flexibility index (Phi) is 4.17. The van der Waals surface area contributed by atoms with E-state index in [1.807, 2.05) is 0 Å². The first kappa shape index (κ1) is 19.4. The van der Waals surface area contributed by atoms with Gasteiger partial charge in [0, 0.05) is 24.7 Å². The predicted octanol–water partition coefficient (Wildman–Crippen LogP) is 3.13. The zero-order chi connectivity index (χ0) is 19.8. The molecule has 3 fully saturated rings. The minimum atomic E-state index is -1.03. The molecule has 1 aliphatic heterocycles. The van der Waals surface area contributed by atoms with Gasteiger partial charge >= 0.3 is 5.97 Å². The predicted molar refractivity (Wildman–Crippen MR) is 101 cm³/mol. The zero-order valence-electron chi connectivity index (χ0n) is 17.3. The van der Waals surface area contributed by atoms with Crippen molar-refractivity contribution in [3.8, 4) is 0 Å². The Labute approximate surface area is 162 Å². The van der Waals surface area contributed by atoms with Crippen LogP contribution in [-0.2, 0) is 14.3 Å². The highest BCUT2D eigenvalue weighted by Gasteiger charge is 2.65. The van der Waals surface area contributed by atoms with E-state index in [0.717, 1.165) is 31.3 Å². The van der Waals surface area contributed by atoms with Crippen LogP contribution < -0.4 is 0 Å². The van der Waals surface area contributed by atoms with Gasteiger partial charge in [0.25, 0.3) is 0 Å². The van der Waals surface area contributed by atoms with E-state index in [1.165, 1.54) is 12.5 Å². The molecule has 5 heteroatoms. The first-order valence-corrected chi connectivity index (χ1v) is 10.4. The first-order chi connectivity index (χ1) is 12.4. The lowest BCUT2D eigenvalue weighted by Crippen LogP contribution is -2.71. The summed E-state index contributed by atoms with van der Waals surface area (Å²) in [4.78, 5) is 11.6. The van der Waals surface area contributed by atoms with Crippen molar-refractivity contribution in [3.05, 3.63) is 11.1 Å². The molecule has 0 amide bonds. The number of hydrogen-bond donors (Lipinski definition) is 2. The lowest BCUT2D eigenvalue weighted by atomic mass is 9.47. The topological polar surface area (TPSA) is 76.0 Å². The van der Waals surface area contributed by atoms with Gasteiger partial charge in [-0.15, -0.1) is 0 Å². The summed E-state index contributed by atoms with van der Waals surface area (Å²) in [5.41, 5.74) is 0.0233. The van der Waals surface area contributed by atoms with Crippen LogP contribution in [0.25, 0.3) is 0 Å². The van der Waals surface area contributed by atoms with E-state index >= 15 is 0 Å². The van der Waals surface area contributed by atoms with E-state index in [4.69, 9.17) is 9.47 Å². The number of ether oxygens (including phenoxy) is 2. The smallest absolute Gasteiger partial charge is 0.303 e. The summed E-state index contributed by atoms with van der Waals surface area (Å²) in [6.45, 7) is 10.3. The van der Waals surface area contributed by atoms with Crippen LogP contribution >= 0.6 is 0 Å². The molecule has 2 saturated carbocycles. The number of aliphatic hydroxyl groups is 2. The third-order valence-electron chi connectivity index (χ3n) is 8.69. The number of fused-ring (bicyclic) bond motifs is 5. The van der Waals surface area contributed by atoms with Crippen molar-refractivity contribution in [2.24, 2.45) is 16.7 Å². The summed E-state index contributed by atoms with van der Waals surface area (Å²) in [7, 11) is 0.